The van der Waals surface area contributed by atoms with Crippen LogP contribution in [-0.2, 0) is 16.1 Å². The van der Waals surface area contributed by atoms with Gasteiger partial charge in [0.1, 0.15) is 11.6 Å². The van der Waals surface area contributed by atoms with Crippen molar-refractivity contribution in [3.63, 3.8) is 0 Å². The van der Waals surface area contributed by atoms with E-state index in [1.807, 2.05) is 10.8 Å². The topological polar surface area (TPSA) is 75.4 Å². The van der Waals surface area contributed by atoms with Gasteiger partial charge in [0.2, 0.25) is 0 Å². The Hall–Kier alpha value is -3.45. The summed E-state index contributed by atoms with van der Waals surface area (Å²) in [5.41, 5.74) is 0.883. The molecule has 6 nitrogen and oxygen atoms in total. The number of likely N-dealkylation sites (tertiary alicyclic amines) is 1. The van der Waals surface area contributed by atoms with Crippen LogP contribution in [0.25, 0.3) is 5.76 Å². The first-order chi connectivity index (χ1) is 15.0. The van der Waals surface area contributed by atoms with Crippen LogP contribution in [0.5, 0.6) is 0 Å². The molecule has 1 aliphatic rings. The molecule has 1 fully saturated rings. The van der Waals surface area contributed by atoms with Gasteiger partial charge in [0.05, 0.1) is 17.9 Å². The van der Waals surface area contributed by atoms with E-state index in [2.05, 4.69) is 4.98 Å². The Morgan fingerprint density at radius 3 is 2.42 bits per heavy atom. The van der Waals surface area contributed by atoms with Crippen LogP contribution in [0.15, 0.2) is 72.8 Å². The highest BCUT2D eigenvalue weighted by molar-refractivity contribution is 6.46. The maximum absolute atomic E-state index is 13.3. The van der Waals surface area contributed by atoms with Crippen molar-refractivity contribution in [3.8, 4) is 0 Å². The predicted molar refractivity (Wildman–Crippen MR) is 114 cm³/mol. The van der Waals surface area contributed by atoms with Gasteiger partial charge >= 0.3 is 0 Å². The number of Topliss-reactive ketones (excluding diaryl/α,β-unsaturated/α-hetero) is 1. The minimum atomic E-state index is -0.774. The minimum Gasteiger partial charge on any atom is -0.507 e. The molecule has 1 saturated heterocycles. The van der Waals surface area contributed by atoms with Crippen molar-refractivity contribution < 1.29 is 19.1 Å². The van der Waals surface area contributed by atoms with E-state index in [0.29, 0.717) is 30.1 Å². The van der Waals surface area contributed by atoms with Gasteiger partial charge in [0, 0.05) is 36.1 Å². The van der Waals surface area contributed by atoms with Crippen LogP contribution in [0.4, 0.5) is 4.39 Å². The van der Waals surface area contributed by atoms with Crippen molar-refractivity contribution in [1.82, 2.24) is 14.5 Å². The lowest BCUT2D eigenvalue weighted by atomic mass is 9.95. The second kappa shape index (κ2) is 8.73. The van der Waals surface area contributed by atoms with Gasteiger partial charge in [-0.2, -0.15) is 0 Å². The standard InChI is InChI=1S/C23H19ClFN3O3/c24-17-6-2-15(3-7-17)20-19(21(29)16-4-8-18(25)9-5-16)22(30)23(31)28(20)12-1-11-27-13-10-26-14-27/h2-10,13-14,20,29H,1,11-12H2/b21-19+. The Balaban J connectivity index is 1.72. The fourth-order valence-electron chi connectivity index (χ4n) is 3.71. The number of aliphatic hydroxyl groups is 1. The maximum Gasteiger partial charge on any atom is 0.295 e. The summed E-state index contributed by atoms with van der Waals surface area (Å²) >= 11 is 6.01. The van der Waals surface area contributed by atoms with Crippen LogP contribution in [0.3, 0.4) is 0 Å². The highest BCUT2D eigenvalue weighted by Gasteiger charge is 2.45. The van der Waals surface area contributed by atoms with Crippen LogP contribution in [0.1, 0.15) is 23.6 Å². The number of ketones is 1. The van der Waals surface area contributed by atoms with Crippen LogP contribution in [0, 0.1) is 5.82 Å². The van der Waals surface area contributed by atoms with E-state index < -0.39 is 23.5 Å². The quantitative estimate of drug-likeness (QED) is 0.355. The van der Waals surface area contributed by atoms with Crippen molar-refractivity contribution in [2.75, 3.05) is 6.54 Å². The molecule has 1 amide bonds. The van der Waals surface area contributed by atoms with E-state index in [0.717, 1.165) is 0 Å². The molecule has 0 bridgehead atoms. The van der Waals surface area contributed by atoms with Crippen LogP contribution >= 0.6 is 11.6 Å². The molecule has 0 spiro atoms. The van der Waals surface area contributed by atoms with E-state index >= 15 is 0 Å². The van der Waals surface area contributed by atoms with Gasteiger partial charge in [0.15, 0.2) is 0 Å². The van der Waals surface area contributed by atoms with Crippen LogP contribution in [-0.4, -0.2) is 37.8 Å². The van der Waals surface area contributed by atoms with Crippen molar-refractivity contribution in [2.45, 2.75) is 19.0 Å². The lowest BCUT2D eigenvalue weighted by Crippen LogP contribution is -2.31. The highest BCUT2D eigenvalue weighted by atomic mass is 35.5. The fourth-order valence-corrected chi connectivity index (χ4v) is 3.83. The SMILES string of the molecule is O=C1C(=O)N(CCCn2ccnc2)C(c2ccc(Cl)cc2)/C1=C(\O)c1ccc(F)cc1. The Morgan fingerprint density at radius 2 is 1.77 bits per heavy atom. The highest BCUT2D eigenvalue weighted by Crippen LogP contribution is 2.39. The molecular formula is C23H19ClFN3O3. The van der Waals surface area contributed by atoms with Gasteiger partial charge < -0.3 is 14.6 Å². The number of carbonyl (C=O) groups excluding carboxylic acids is 2. The number of aromatic nitrogens is 2. The monoisotopic (exact) mass is 439 g/mol. The first kappa shape index (κ1) is 20.8. The van der Waals surface area contributed by atoms with Gasteiger partial charge in [-0.3, -0.25) is 9.59 Å². The van der Waals surface area contributed by atoms with E-state index in [1.54, 1.807) is 36.8 Å². The van der Waals surface area contributed by atoms with Gasteiger partial charge in [-0.1, -0.05) is 23.7 Å². The van der Waals surface area contributed by atoms with Crippen molar-refractivity contribution >= 4 is 29.1 Å². The van der Waals surface area contributed by atoms with Gasteiger partial charge in [0.25, 0.3) is 11.7 Å². The molecule has 1 unspecified atom stereocenters. The summed E-state index contributed by atoms with van der Waals surface area (Å²) in [4.78, 5) is 31.2. The number of benzene rings is 2. The zero-order valence-corrected chi connectivity index (χ0v) is 17.2. The second-order valence-electron chi connectivity index (χ2n) is 7.20. The Bertz CT molecular complexity index is 1130. The number of rotatable bonds is 6. The summed E-state index contributed by atoms with van der Waals surface area (Å²) in [5, 5.41) is 11.4. The Morgan fingerprint density at radius 1 is 1.06 bits per heavy atom. The van der Waals surface area contributed by atoms with Gasteiger partial charge in [-0.25, -0.2) is 9.37 Å². The molecule has 0 aliphatic carbocycles. The Kier molecular flexibility index (Phi) is 5.86. The summed E-state index contributed by atoms with van der Waals surface area (Å²) in [6, 6.07) is 11.1. The molecule has 8 heteroatoms. The van der Waals surface area contributed by atoms with Crippen molar-refractivity contribution in [1.29, 1.82) is 0 Å². The average molecular weight is 440 g/mol. The maximum atomic E-state index is 13.3. The number of hydrogen-bond acceptors (Lipinski definition) is 4. The molecule has 3 aromatic rings. The molecule has 2 heterocycles. The number of aryl methyl sites for hydroxylation is 1. The van der Waals surface area contributed by atoms with E-state index in [9.17, 15) is 19.1 Å². The lowest BCUT2D eigenvalue weighted by molar-refractivity contribution is -0.139. The van der Waals surface area contributed by atoms with Crippen LogP contribution in [0.2, 0.25) is 5.02 Å². The van der Waals surface area contributed by atoms with Gasteiger partial charge in [-0.05, 0) is 48.4 Å². The third-order valence-electron chi connectivity index (χ3n) is 5.22. The summed E-state index contributed by atoms with van der Waals surface area (Å²) in [7, 11) is 0. The number of imidazole rings is 1. The zero-order valence-electron chi connectivity index (χ0n) is 16.4. The third-order valence-corrected chi connectivity index (χ3v) is 5.47. The van der Waals surface area contributed by atoms with Gasteiger partial charge in [-0.15, -0.1) is 0 Å². The Labute approximate surface area is 183 Å². The summed E-state index contributed by atoms with van der Waals surface area (Å²) in [6.07, 6.45) is 5.76. The number of halogens is 2. The predicted octanol–water partition coefficient (Wildman–Crippen LogP) is 4.19. The van der Waals surface area contributed by atoms with Crippen LogP contribution < -0.4 is 0 Å². The summed E-state index contributed by atoms with van der Waals surface area (Å²) in [6.45, 7) is 0.921. The number of nitrogens with zero attached hydrogens (tertiary/aromatic N) is 3. The van der Waals surface area contributed by atoms with Crippen molar-refractivity contribution in [2.24, 2.45) is 0 Å². The van der Waals surface area contributed by atoms with Crippen molar-refractivity contribution in [3.05, 3.63) is 94.8 Å². The third kappa shape index (κ3) is 4.22. The smallest absolute Gasteiger partial charge is 0.295 e. The van der Waals surface area contributed by atoms with E-state index in [-0.39, 0.29) is 16.9 Å². The molecule has 1 aromatic heterocycles. The van der Waals surface area contributed by atoms with E-state index in [4.69, 9.17) is 11.6 Å². The number of amides is 1. The molecule has 2 aromatic carbocycles. The number of hydrogen-bond donors (Lipinski definition) is 1. The molecule has 1 atom stereocenters. The molecule has 0 saturated carbocycles. The summed E-state index contributed by atoms with van der Waals surface area (Å²) < 4.78 is 15.2. The number of aliphatic hydroxyl groups excluding tert-OH is 1. The first-order valence-electron chi connectivity index (χ1n) is 9.71. The molecule has 0 radical (unpaired) electrons. The lowest BCUT2D eigenvalue weighted by Gasteiger charge is -2.25. The first-order valence-corrected chi connectivity index (χ1v) is 10.1. The second-order valence-corrected chi connectivity index (χ2v) is 7.64. The summed E-state index contributed by atoms with van der Waals surface area (Å²) in [5.74, 6) is -2.26. The molecule has 1 N–H and O–H groups in total. The fraction of sp³-hybridized carbons (Fsp3) is 0.174. The largest absolute Gasteiger partial charge is 0.507 e. The zero-order chi connectivity index (χ0) is 22.0. The molecule has 31 heavy (non-hydrogen) atoms. The molecular weight excluding hydrogens is 421 g/mol. The molecule has 4 rings (SSSR count). The normalized spacial score (nSPS) is 18.0. The van der Waals surface area contributed by atoms with E-state index in [1.165, 1.54) is 29.2 Å². The average Bonchev–Trinajstić information content (AvgIpc) is 3.37. The molecule has 1 aliphatic heterocycles. The molecule has 158 valence electrons. The number of carbonyl (C=O) groups is 2. The minimum absolute atomic E-state index is 0.0263.